The summed E-state index contributed by atoms with van der Waals surface area (Å²) in [6, 6.07) is 8.67. The van der Waals surface area contributed by atoms with Gasteiger partial charge in [0.1, 0.15) is 0 Å². The Bertz CT molecular complexity index is 536. The lowest BCUT2D eigenvalue weighted by molar-refractivity contribution is 0.0618. The Morgan fingerprint density at radius 3 is 2.55 bits per heavy atom. The molecule has 2 nitrogen and oxygen atoms in total. The molecule has 1 aliphatic carbocycles. The molecule has 2 aliphatic rings. The van der Waals surface area contributed by atoms with Crippen LogP contribution >= 0.6 is 0 Å². The first kappa shape index (κ1) is 13.4. The monoisotopic (exact) mass is 269 g/mol. The Labute approximate surface area is 121 Å². The summed E-state index contributed by atoms with van der Waals surface area (Å²) in [5, 5.41) is 0. The number of rotatable bonds is 2. The van der Waals surface area contributed by atoms with Crippen molar-refractivity contribution in [2.24, 2.45) is 0 Å². The highest BCUT2D eigenvalue weighted by Crippen LogP contribution is 2.39. The van der Waals surface area contributed by atoms with E-state index in [1.807, 2.05) is 18.2 Å². The highest BCUT2D eigenvalue weighted by molar-refractivity contribution is 5.99. The standard InChI is InChI=1S/C18H23NO/c1-13(2)12-17-15-10-6-7-11-16(15)18(20)19(17)14-8-4-3-5-9-14/h6-7,10-12,14,17H,3-5,8-9H2,1-2H3. The zero-order valence-corrected chi connectivity index (χ0v) is 12.4. The highest BCUT2D eigenvalue weighted by atomic mass is 16.2. The van der Waals surface area contributed by atoms with Crippen LogP contribution in [0.3, 0.4) is 0 Å². The minimum atomic E-state index is 0.145. The minimum absolute atomic E-state index is 0.145. The van der Waals surface area contributed by atoms with E-state index in [4.69, 9.17) is 0 Å². The number of carbonyl (C=O) groups excluding carboxylic acids is 1. The Hall–Kier alpha value is -1.57. The van der Waals surface area contributed by atoms with Gasteiger partial charge in [-0.2, -0.15) is 0 Å². The first-order chi connectivity index (χ1) is 9.68. The van der Waals surface area contributed by atoms with Gasteiger partial charge in [-0.05, 0) is 38.3 Å². The summed E-state index contributed by atoms with van der Waals surface area (Å²) in [6.07, 6.45) is 8.40. The van der Waals surface area contributed by atoms with Crippen LogP contribution in [0.5, 0.6) is 0 Å². The summed E-state index contributed by atoms with van der Waals surface area (Å²) < 4.78 is 0. The number of amides is 1. The van der Waals surface area contributed by atoms with Crippen molar-refractivity contribution in [2.45, 2.75) is 58.0 Å². The fourth-order valence-electron chi connectivity index (χ4n) is 3.60. The summed E-state index contributed by atoms with van der Waals surface area (Å²) in [5.41, 5.74) is 3.37. The van der Waals surface area contributed by atoms with E-state index < -0.39 is 0 Å². The largest absolute Gasteiger partial charge is 0.325 e. The smallest absolute Gasteiger partial charge is 0.255 e. The fourth-order valence-corrected chi connectivity index (χ4v) is 3.60. The Balaban J connectivity index is 2.00. The van der Waals surface area contributed by atoms with Gasteiger partial charge in [0.2, 0.25) is 0 Å². The predicted octanol–water partition coefficient (Wildman–Crippen LogP) is 4.48. The summed E-state index contributed by atoms with van der Waals surface area (Å²) in [7, 11) is 0. The lowest BCUT2D eigenvalue weighted by atomic mass is 9.93. The van der Waals surface area contributed by atoms with Crippen LogP contribution < -0.4 is 0 Å². The second-order valence-electron chi connectivity index (χ2n) is 6.28. The third-order valence-corrected chi connectivity index (χ3v) is 4.50. The lowest BCUT2D eigenvalue weighted by Crippen LogP contribution is -2.39. The van der Waals surface area contributed by atoms with Crippen molar-refractivity contribution < 1.29 is 4.79 Å². The summed E-state index contributed by atoms with van der Waals surface area (Å²) in [6.45, 7) is 4.23. The average Bonchev–Trinajstić information content (AvgIpc) is 2.73. The number of hydrogen-bond acceptors (Lipinski definition) is 1. The van der Waals surface area contributed by atoms with E-state index in [9.17, 15) is 4.79 Å². The van der Waals surface area contributed by atoms with E-state index in [1.54, 1.807) is 0 Å². The number of benzene rings is 1. The molecule has 0 N–H and O–H groups in total. The van der Waals surface area contributed by atoms with E-state index in [0.29, 0.717) is 6.04 Å². The molecule has 2 heteroatoms. The van der Waals surface area contributed by atoms with Gasteiger partial charge in [-0.25, -0.2) is 0 Å². The number of carbonyl (C=O) groups is 1. The molecule has 0 aromatic heterocycles. The SMILES string of the molecule is CC(C)=CC1c2ccccc2C(=O)N1C1CCCCC1. The Kier molecular flexibility index (Phi) is 3.64. The molecule has 1 amide bonds. The van der Waals surface area contributed by atoms with Crippen LogP contribution in [0.1, 0.15) is 67.9 Å². The van der Waals surface area contributed by atoms with Gasteiger partial charge in [-0.3, -0.25) is 4.79 Å². The van der Waals surface area contributed by atoms with Gasteiger partial charge in [0.15, 0.2) is 0 Å². The molecule has 1 fully saturated rings. The van der Waals surface area contributed by atoms with Gasteiger partial charge < -0.3 is 4.90 Å². The zero-order chi connectivity index (χ0) is 14.1. The molecular formula is C18H23NO. The summed E-state index contributed by atoms with van der Waals surface area (Å²) in [4.78, 5) is 14.9. The van der Waals surface area contributed by atoms with Crippen LogP contribution in [-0.2, 0) is 0 Å². The van der Waals surface area contributed by atoms with Crippen molar-refractivity contribution in [3.8, 4) is 0 Å². The predicted molar refractivity (Wildman–Crippen MR) is 81.7 cm³/mol. The molecule has 1 unspecified atom stereocenters. The van der Waals surface area contributed by atoms with Gasteiger partial charge in [0, 0.05) is 11.6 Å². The molecule has 0 spiro atoms. The van der Waals surface area contributed by atoms with Crippen molar-refractivity contribution in [1.29, 1.82) is 0 Å². The van der Waals surface area contributed by atoms with Crippen LogP contribution in [-0.4, -0.2) is 16.8 Å². The van der Waals surface area contributed by atoms with Crippen molar-refractivity contribution in [3.63, 3.8) is 0 Å². The zero-order valence-electron chi connectivity index (χ0n) is 12.4. The summed E-state index contributed by atoms with van der Waals surface area (Å²) >= 11 is 0. The van der Waals surface area contributed by atoms with E-state index in [2.05, 4.69) is 30.9 Å². The van der Waals surface area contributed by atoms with E-state index in [1.165, 1.54) is 30.4 Å². The molecule has 1 atom stereocenters. The van der Waals surface area contributed by atoms with Crippen LogP contribution in [0.25, 0.3) is 0 Å². The Morgan fingerprint density at radius 1 is 1.15 bits per heavy atom. The topological polar surface area (TPSA) is 20.3 Å². The van der Waals surface area contributed by atoms with E-state index >= 15 is 0 Å². The van der Waals surface area contributed by atoms with Gasteiger partial charge in [-0.1, -0.05) is 49.1 Å². The first-order valence-electron chi connectivity index (χ1n) is 7.75. The molecule has 1 aromatic rings. The van der Waals surface area contributed by atoms with Gasteiger partial charge >= 0.3 is 0 Å². The van der Waals surface area contributed by atoms with Crippen molar-refractivity contribution in [3.05, 3.63) is 47.0 Å². The molecule has 106 valence electrons. The van der Waals surface area contributed by atoms with Crippen LogP contribution in [0, 0.1) is 0 Å². The van der Waals surface area contributed by atoms with E-state index in [-0.39, 0.29) is 11.9 Å². The van der Waals surface area contributed by atoms with Gasteiger partial charge in [-0.15, -0.1) is 0 Å². The van der Waals surface area contributed by atoms with Crippen molar-refractivity contribution in [1.82, 2.24) is 4.90 Å². The van der Waals surface area contributed by atoms with Crippen LogP contribution in [0.2, 0.25) is 0 Å². The second-order valence-corrected chi connectivity index (χ2v) is 6.28. The van der Waals surface area contributed by atoms with Crippen LogP contribution in [0.15, 0.2) is 35.9 Å². The molecule has 1 aromatic carbocycles. The highest BCUT2D eigenvalue weighted by Gasteiger charge is 2.39. The first-order valence-corrected chi connectivity index (χ1v) is 7.75. The molecule has 1 aliphatic heterocycles. The van der Waals surface area contributed by atoms with Crippen molar-refractivity contribution >= 4 is 5.91 Å². The number of fused-ring (bicyclic) bond motifs is 1. The molecular weight excluding hydrogens is 246 g/mol. The molecule has 3 rings (SSSR count). The maximum atomic E-state index is 12.8. The lowest BCUT2D eigenvalue weighted by Gasteiger charge is -2.35. The van der Waals surface area contributed by atoms with Gasteiger partial charge in [0.25, 0.3) is 5.91 Å². The molecule has 0 radical (unpaired) electrons. The minimum Gasteiger partial charge on any atom is -0.325 e. The normalized spacial score (nSPS) is 22.8. The number of nitrogens with zero attached hydrogens (tertiary/aromatic N) is 1. The number of hydrogen-bond donors (Lipinski definition) is 0. The van der Waals surface area contributed by atoms with Crippen molar-refractivity contribution in [2.75, 3.05) is 0 Å². The molecule has 0 bridgehead atoms. The molecule has 20 heavy (non-hydrogen) atoms. The van der Waals surface area contributed by atoms with E-state index in [0.717, 1.165) is 18.4 Å². The average molecular weight is 269 g/mol. The quantitative estimate of drug-likeness (QED) is 0.725. The Morgan fingerprint density at radius 2 is 1.85 bits per heavy atom. The maximum absolute atomic E-state index is 12.8. The molecule has 1 heterocycles. The number of allylic oxidation sites excluding steroid dienone is 1. The molecule has 0 saturated heterocycles. The third kappa shape index (κ3) is 2.28. The summed E-state index contributed by atoms with van der Waals surface area (Å²) in [5.74, 6) is 0.231. The fraction of sp³-hybridized carbons (Fsp3) is 0.500. The third-order valence-electron chi connectivity index (χ3n) is 4.50. The maximum Gasteiger partial charge on any atom is 0.255 e. The second kappa shape index (κ2) is 5.43. The van der Waals surface area contributed by atoms with Gasteiger partial charge in [0.05, 0.1) is 6.04 Å². The van der Waals surface area contributed by atoms with Crippen LogP contribution in [0.4, 0.5) is 0 Å². The molecule has 1 saturated carbocycles.